The molecule has 2 N–H and O–H groups in total. The summed E-state index contributed by atoms with van der Waals surface area (Å²) in [6.07, 6.45) is 3.95. The maximum atomic E-state index is 8.76. The zero-order valence-corrected chi connectivity index (χ0v) is 7.34. The molecule has 3 heteroatoms. The molecule has 0 radical (unpaired) electrons. The molecule has 1 fully saturated rings. The Morgan fingerprint density at radius 2 is 2.25 bits per heavy atom. The molecule has 0 aliphatic heterocycles. The highest BCUT2D eigenvalue weighted by atomic mass is 16.3. The largest absolute Gasteiger partial charge is 0.396 e. The quantitative estimate of drug-likeness (QED) is 0.573. The van der Waals surface area contributed by atoms with E-state index in [9.17, 15) is 0 Å². The van der Waals surface area contributed by atoms with Crippen molar-refractivity contribution >= 4 is 0 Å². The van der Waals surface area contributed by atoms with Crippen molar-refractivity contribution in [3.63, 3.8) is 0 Å². The van der Waals surface area contributed by atoms with Crippen LogP contribution in [0.3, 0.4) is 0 Å². The van der Waals surface area contributed by atoms with Crippen LogP contribution in [0.15, 0.2) is 0 Å². The zero-order valence-electron chi connectivity index (χ0n) is 7.34. The third-order valence-corrected chi connectivity index (χ3v) is 2.51. The first-order valence-corrected chi connectivity index (χ1v) is 4.51. The lowest BCUT2D eigenvalue weighted by Crippen LogP contribution is -2.25. The van der Waals surface area contributed by atoms with Crippen LogP contribution in [0, 0.1) is 16.7 Å². The van der Waals surface area contributed by atoms with Gasteiger partial charge in [0.2, 0.25) is 0 Å². The van der Waals surface area contributed by atoms with E-state index in [1.54, 1.807) is 0 Å². The van der Waals surface area contributed by atoms with Gasteiger partial charge in [-0.3, -0.25) is 0 Å². The van der Waals surface area contributed by atoms with Crippen LogP contribution in [0.5, 0.6) is 0 Å². The van der Waals surface area contributed by atoms with Gasteiger partial charge in [0, 0.05) is 26.1 Å². The van der Waals surface area contributed by atoms with E-state index >= 15 is 0 Å². The number of hydrogen-bond donors (Lipinski definition) is 2. The van der Waals surface area contributed by atoms with Crippen LogP contribution in [0.2, 0.25) is 0 Å². The summed E-state index contributed by atoms with van der Waals surface area (Å²) in [5.41, 5.74) is 0.379. The highest BCUT2D eigenvalue weighted by Crippen LogP contribution is 2.47. The molecule has 0 amide bonds. The van der Waals surface area contributed by atoms with Crippen molar-refractivity contribution < 1.29 is 5.11 Å². The first-order chi connectivity index (χ1) is 5.83. The Hall–Kier alpha value is -0.590. The average molecular weight is 168 g/mol. The second-order valence-electron chi connectivity index (χ2n) is 3.56. The van der Waals surface area contributed by atoms with Crippen LogP contribution in [0.1, 0.15) is 25.7 Å². The Morgan fingerprint density at radius 1 is 1.50 bits per heavy atom. The highest BCUT2D eigenvalue weighted by molar-refractivity contribution is 4.94. The normalized spacial score (nSPS) is 18.7. The van der Waals surface area contributed by atoms with E-state index in [4.69, 9.17) is 10.4 Å². The van der Waals surface area contributed by atoms with E-state index in [-0.39, 0.29) is 0 Å². The lowest BCUT2D eigenvalue weighted by molar-refractivity contribution is 0.245. The maximum absolute atomic E-state index is 8.76. The standard InChI is InChI=1S/C9H16N2O/c10-5-1-6-11-8-9(2-3-9)4-7-12/h11-12H,1-4,6-8H2. The minimum absolute atomic E-state index is 0.292. The Morgan fingerprint density at radius 3 is 2.75 bits per heavy atom. The van der Waals surface area contributed by atoms with Crippen LogP contribution in [-0.4, -0.2) is 24.8 Å². The van der Waals surface area contributed by atoms with Crippen molar-refractivity contribution in [3.05, 3.63) is 0 Å². The van der Waals surface area contributed by atoms with Gasteiger partial charge in [-0.25, -0.2) is 0 Å². The fraction of sp³-hybridized carbons (Fsp3) is 0.889. The molecule has 0 unspecified atom stereocenters. The number of aliphatic hydroxyl groups excluding tert-OH is 1. The minimum atomic E-state index is 0.292. The zero-order chi connectivity index (χ0) is 8.86. The van der Waals surface area contributed by atoms with Crippen LogP contribution in [0.25, 0.3) is 0 Å². The molecule has 1 aliphatic rings. The lowest BCUT2D eigenvalue weighted by Gasteiger charge is -2.13. The maximum Gasteiger partial charge on any atom is 0.0635 e. The smallest absolute Gasteiger partial charge is 0.0635 e. The van der Waals surface area contributed by atoms with Gasteiger partial charge in [-0.05, 0) is 24.7 Å². The van der Waals surface area contributed by atoms with Crippen molar-refractivity contribution in [2.45, 2.75) is 25.7 Å². The summed E-state index contributed by atoms with van der Waals surface area (Å²) in [7, 11) is 0. The third-order valence-electron chi connectivity index (χ3n) is 2.51. The van der Waals surface area contributed by atoms with Crippen LogP contribution in [0.4, 0.5) is 0 Å². The summed E-state index contributed by atoms with van der Waals surface area (Å²) in [5, 5.41) is 20.3. The number of nitrogens with one attached hydrogen (secondary N) is 1. The molecular formula is C9H16N2O. The van der Waals surface area contributed by atoms with Crippen LogP contribution >= 0.6 is 0 Å². The van der Waals surface area contributed by atoms with Gasteiger partial charge in [-0.2, -0.15) is 5.26 Å². The van der Waals surface area contributed by atoms with Gasteiger partial charge in [0.05, 0.1) is 6.07 Å². The number of nitriles is 1. The van der Waals surface area contributed by atoms with Gasteiger partial charge >= 0.3 is 0 Å². The number of rotatable bonds is 6. The Kier molecular flexibility index (Phi) is 3.51. The van der Waals surface area contributed by atoms with Gasteiger partial charge in [0.15, 0.2) is 0 Å². The first kappa shape index (κ1) is 9.50. The van der Waals surface area contributed by atoms with Crippen molar-refractivity contribution in [1.29, 1.82) is 5.26 Å². The molecule has 1 aliphatic carbocycles. The minimum Gasteiger partial charge on any atom is -0.396 e. The molecule has 0 aromatic carbocycles. The van der Waals surface area contributed by atoms with Gasteiger partial charge in [-0.15, -0.1) is 0 Å². The van der Waals surface area contributed by atoms with Crippen molar-refractivity contribution in [2.24, 2.45) is 5.41 Å². The van der Waals surface area contributed by atoms with Gasteiger partial charge < -0.3 is 10.4 Å². The van der Waals surface area contributed by atoms with Crippen LogP contribution in [-0.2, 0) is 0 Å². The average Bonchev–Trinajstić information content (AvgIpc) is 2.81. The Labute approximate surface area is 73.4 Å². The van der Waals surface area contributed by atoms with E-state index in [1.807, 2.05) is 0 Å². The summed E-state index contributed by atoms with van der Waals surface area (Å²) in [6, 6.07) is 2.09. The van der Waals surface area contributed by atoms with E-state index in [0.29, 0.717) is 18.4 Å². The molecule has 3 nitrogen and oxygen atoms in total. The second-order valence-corrected chi connectivity index (χ2v) is 3.56. The van der Waals surface area contributed by atoms with E-state index < -0.39 is 0 Å². The second kappa shape index (κ2) is 4.44. The molecule has 0 heterocycles. The molecule has 12 heavy (non-hydrogen) atoms. The summed E-state index contributed by atoms with van der Waals surface area (Å²) in [6.45, 7) is 2.04. The van der Waals surface area contributed by atoms with Crippen LogP contribution < -0.4 is 5.32 Å². The lowest BCUT2D eigenvalue weighted by atomic mass is 10.0. The third kappa shape index (κ3) is 2.80. The number of aliphatic hydroxyl groups is 1. The summed E-state index contributed by atoms with van der Waals surface area (Å²) in [4.78, 5) is 0. The molecule has 0 aromatic heterocycles. The predicted molar refractivity (Wildman–Crippen MR) is 46.5 cm³/mol. The highest BCUT2D eigenvalue weighted by Gasteiger charge is 2.40. The molecule has 0 spiro atoms. The monoisotopic (exact) mass is 168 g/mol. The van der Waals surface area contributed by atoms with Gasteiger partial charge in [0.1, 0.15) is 0 Å². The van der Waals surface area contributed by atoms with E-state index in [1.165, 1.54) is 12.8 Å². The summed E-state index contributed by atoms with van der Waals surface area (Å²) >= 11 is 0. The molecule has 0 bridgehead atoms. The Balaban J connectivity index is 2.03. The SMILES string of the molecule is N#CCCNCC1(CCO)CC1. The fourth-order valence-electron chi connectivity index (χ4n) is 1.43. The van der Waals surface area contributed by atoms with Crippen molar-refractivity contribution in [2.75, 3.05) is 19.7 Å². The first-order valence-electron chi connectivity index (χ1n) is 4.51. The molecule has 1 rings (SSSR count). The van der Waals surface area contributed by atoms with Crippen molar-refractivity contribution in [3.8, 4) is 6.07 Å². The molecule has 0 saturated heterocycles. The van der Waals surface area contributed by atoms with E-state index in [2.05, 4.69) is 11.4 Å². The summed E-state index contributed by atoms with van der Waals surface area (Å²) < 4.78 is 0. The number of hydrogen-bond acceptors (Lipinski definition) is 3. The molecular weight excluding hydrogens is 152 g/mol. The number of nitrogens with zero attached hydrogens (tertiary/aromatic N) is 1. The molecule has 0 atom stereocenters. The van der Waals surface area contributed by atoms with E-state index in [0.717, 1.165) is 19.5 Å². The molecule has 1 saturated carbocycles. The van der Waals surface area contributed by atoms with Gasteiger partial charge in [-0.1, -0.05) is 0 Å². The van der Waals surface area contributed by atoms with Crippen molar-refractivity contribution in [1.82, 2.24) is 5.32 Å². The molecule has 68 valence electrons. The summed E-state index contributed by atoms with van der Waals surface area (Å²) in [5.74, 6) is 0. The topological polar surface area (TPSA) is 56.0 Å². The predicted octanol–water partition coefficient (Wildman–Crippen LogP) is 0.652. The van der Waals surface area contributed by atoms with Gasteiger partial charge in [0.25, 0.3) is 0 Å². The molecule has 0 aromatic rings. The fourth-order valence-corrected chi connectivity index (χ4v) is 1.43. The Bertz CT molecular complexity index is 170.